The first-order chi connectivity index (χ1) is 7.46. The molecule has 90 valence electrons. The quantitative estimate of drug-likeness (QED) is 0.865. The fraction of sp³-hybridized carbons (Fsp3) is 0.500. The molecule has 16 heavy (non-hydrogen) atoms. The van der Waals surface area contributed by atoms with Gasteiger partial charge < -0.3 is 10.5 Å². The SMILES string of the molecule is CCC(C)(N)COCc1cccc(Cl)c1F. The summed E-state index contributed by atoms with van der Waals surface area (Å²) < 4.78 is 18.8. The molecule has 0 saturated carbocycles. The summed E-state index contributed by atoms with van der Waals surface area (Å²) in [6.45, 7) is 4.49. The summed E-state index contributed by atoms with van der Waals surface area (Å²) in [6.07, 6.45) is 0.811. The molecule has 0 heterocycles. The molecule has 0 amide bonds. The number of hydrogen-bond acceptors (Lipinski definition) is 2. The predicted octanol–water partition coefficient (Wildman–Crippen LogP) is 3.12. The summed E-state index contributed by atoms with van der Waals surface area (Å²) in [6, 6.07) is 4.87. The van der Waals surface area contributed by atoms with Crippen LogP contribution in [0.15, 0.2) is 18.2 Å². The van der Waals surface area contributed by atoms with Gasteiger partial charge in [0.2, 0.25) is 0 Å². The van der Waals surface area contributed by atoms with Crippen molar-refractivity contribution in [1.29, 1.82) is 0 Å². The van der Waals surface area contributed by atoms with Gasteiger partial charge in [0, 0.05) is 11.1 Å². The number of halogens is 2. The molecular weight excluding hydrogens is 229 g/mol. The molecule has 0 aliphatic carbocycles. The van der Waals surface area contributed by atoms with Gasteiger partial charge in [-0.2, -0.15) is 0 Å². The highest BCUT2D eigenvalue weighted by atomic mass is 35.5. The molecule has 1 unspecified atom stereocenters. The van der Waals surface area contributed by atoms with Crippen LogP contribution >= 0.6 is 11.6 Å². The van der Waals surface area contributed by atoms with Crippen molar-refractivity contribution in [1.82, 2.24) is 0 Å². The van der Waals surface area contributed by atoms with Crippen molar-refractivity contribution >= 4 is 11.6 Å². The van der Waals surface area contributed by atoms with Crippen molar-refractivity contribution in [3.63, 3.8) is 0 Å². The zero-order valence-corrected chi connectivity index (χ0v) is 10.4. The first-order valence-corrected chi connectivity index (χ1v) is 5.63. The lowest BCUT2D eigenvalue weighted by Gasteiger charge is -2.22. The van der Waals surface area contributed by atoms with E-state index in [0.717, 1.165) is 6.42 Å². The van der Waals surface area contributed by atoms with Gasteiger partial charge in [-0.05, 0) is 19.4 Å². The lowest BCUT2D eigenvalue weighted by atomic mass is 10.0. The Morgan fingerprint density at radius 1 is 1.50 bits per heavy atom. The third-order valence-corrected chi connectivity index (χ3v) is 2.82. The number of ether oxygens (including phenoxy) is 1. The molecule has 2 nitrogen and oxygen atoms in total. The van der Waals surface area contributed by atoms with Crippen LogP contribution in [0.25, 0.3) is 0 Å². The van der Waals surface area contributed by atoms with Crippen LogP contribution in [-0.2, 0) is 11.3 Å². The molecule has 4 heteroatoms. The zero-order chi connectivity index (χ0) is 12.2. The summed E-state index contributed by atoms with van der Waals surface area (Å²) in [5.74, 6) is -0.417. The maximum atomic E-state index is 13.5. The Balaban J connectivity index is 2.53. The van der Waals surface area contributed by atoms with Gasteiger partial charge in [-0.1, -0.05) is 30.7 Å². The van der Waals surface area contributed by atoms with Gasteiger partial charge in [0.15, 0.2) is 0 Å². The largest absolute Gasteiger partial charge is 0.375 e. The average molecular weight is 246 g/mol. The number of rotatable bonds is 5. The maximum absolute atomic E-state index is 13.5. The van der Waals surface area contributed by atoms with Crippen molar-refractivity contribution in [3.8, 4) is 0 Å². The normalized spacial score (nSPS) is 14.8. The molecule has 0 spiro atoms. The van der Waals surface area contributed by atoms with E-state index in [2.05, 4.69) is 0 Å². The summed E-state index contributed by atoms with van der Waals surface area (Å²) in [7, 11) is 0. The Morgan fingerprint density at radius 2 is 2.19 bits per heavy atom. The minimum atomic E-state index is -0.417. The summed E-state index contributed by atoms with van der Waals surface area (Å²) >= 11 is 5.65. The lowest BCUT2D eigenvalue weighted by molar-refractivity contribution is 0.0760. The number of nitrogens with two attached hydrogens (primary N) is 1. The second kappa shape index (κ2) is 5.62. The molecule has 0 saturated heterocycles. The minimum absolute atomic E-state index is 0.118. The van der Waals surface area contributed by atoms with E-state index in [1.165, 1.54) is 6.07 Å². The zero-order valence-electron chi connectivity index (χ0n) is 9.59. The Labute approximate surface area is 101 Å². The molecular formula is C12H17ClFNO. The molecule has 1 aromatic rings. The summed E-state index contributed by atoms with van der Waals surface area (Å²) in [5.41, 5.74) is 6.00. The third-order valence-electron chi connectivity index (χ3n) is 2.53. The van der Waals surface area contributed by atoms with Crippen LogP contribution in [0, 0.1) is 5.82 Å². The van der Waals surface area contributed by atoms with Crippen LogP contribution in [0.2, 0.25) is 5.02 Å². The van der Waals surface area contributed by atoms with Crippen LogP contribution in [-0.4, -0.2) is 12.1 Å². The minimum Gasteiger partial charge on any atom is -0.375 e. The average Bonchev–Trinajstić information content (AvgIpc) is 2.24. The van der Waals surface area contributed by atoms with Gasteiger partial charge in [0.25, 0.3) is 0 Å². The Bertz CT molecular complexity index is 355. The second-order valence-corrected chi connectivity index (χ2v) is 4.62. The molecule has 0 fully saturated rings. The number of benzene rings is 1. The topological polar surface area (TPSA) is 35.2 Å². The van der Waals surface area contributed by atoms with E-state index in [-0.39, 0.29) is 17.2 Å². The van der Waals surface area contributed by atoms with Gasteiger partial charge >= 0.3 is 0 Å². The molecule has 0 radical (unpaired) electrons. The van der Waals surface area contributed by atoms with Gasteiger partial charge in [0.1, 0.15) is 5.82 Å². The van der Waals surface area contributed by atoms with Crippen LogP contribution in [0.1, 0.15) is 25.8 Å². The Hall–Kier alpha value is -0.640. The number of hydrogen-bond donors (Lipinski definition) is 1. The monoisotopic (exact) mass is 245 g/mol. The molecule has 0 aliphatic rings. The first-order valence-electron chi connectivity index (χ1n) is 5.26. The van der Waals surface area contributed by atoms with Gasteiger partial charge in [-0.15, -0.1) is 0 Å². The van der Waals surface area contributed by atoms with Crippen molar-refractivity contribution in [2.45, 2.75) is 32.4 Å². The first kappa shape index (κ1) is 13.4. The van der Waals surface area contributed by atoms with Gasteiger partial charge in [0.05, 0.1) is 18.2 Å². The van der Waals surface area contributed by atoms with E-state index >= 15 is 0 Å². The van der Waals surface area contributed by atoms with E-state index in [0.29, 0.717) is 12.2 Å². The highest BCUT2D eigenvalue weighted by Crippen LogP contribution is 2.18. The molecule has 1 aromatic carbocycles. The molecule has 0 aromatic heterocycles. The van der Waals surface area contributed by atoms with E-state index in [9.17, 15) is 4.39 Å². The van der Waals surface area contributed by atoms with E-state index in [1.54, 1.807) is 12.1 Å². The lowest BCUT2D eigenvalue weighted by Crippen LogP contribution is -2.40. The van der Waals surface area contributed by atoms with Crippen LogP contribution < -0.4 is 5.73 Å². The van der Waals surface area contributed by atoms with Crippen LogP contribution in [0.3, 0.4) is 0 Å². The second-order valence-electron chi connectivity index (χ2n) is 4.21. The van der Waals surface area contributed by atoms with Crippen LogP contribution in [0.4, 0.5) is 4.39 Å². The van der Waals surface area contributed by atoms with Crippen molar-refractivity contribution < 1.29 is 9.13 Å². The highest BCUT2D eigenvalue weighted by Gasteiger charge is 2.16. The Morgan fingerprint density at radius 3 is 2.81 bits per heavy atom. The van der Waals surface area contributed by atoms with E-state index in [1.807, 2.05) is 13.8 Å². The van der Waals surface area contributed by atoms with E-state index in [4.69, 9.17) is 22.1 Å². The fourth-order valence-electron chi connectivity index (χ4n) is 1.16. The molecule has 1 rings (SSSR count). The molecule has 2 N–H and O–H groups in total. The van der Waals surface area contributed by atoms with E-state index < -0.39 is 5.82 Å². The standard InChI is InChI=1S/C12H17ClFNO/c1-3-12(2,15)8-16-7-9-5-4-6-10(13)11(9)14/h4-6H,3,7-8,15H2,1-2H3. The predicted molar refractivity (Wildman–Crippen MR) is 63.9 cm³/mol. The molecule has 0 aliphatic heterocycles. The van der Waals surface area contributed by atoms with Gasteiger partial charge in [-0.25, -0.2) is 4.39 Å². The van der Waals surface area contributed by atoms with Crippen molar-refractivity contribution in [2.75, 3.05) is 6.61 Å². The van der Waals surface area contributed by atoms with Gasteiger partial charge in [-0.3, -0.25) is 0 Å². The molecule has 0 bridgehead atoms. The highest BCUT2D eigenvalue weighted by molar-refractivity contribution is 6.30. The van der Waals surface area contributed by atoms with Crippen molar-refractivity contribution in [2.24, 2.45) is 5.73 Å². The smallest absolute Gasteiger partial charge is 0.147 e. The Kier molecular flexibility index (Phi) is 4.71. The summed E-state index contributed by atoms with van der Waals surface area (Å²) in [4.78, 5) is 0. The maximum Gasteiger partial charge on any atom is 0.147 e. The summed E-state index contributed by atoms with van der Waals surface area (Å²) in [5, 5.41) is 0.118. The molecule has 1 atom stereocenters. The van der Waals surface area contributed by atoms with Crippen LogP contribution in [0.5, 0.6) is 0 Å². The fourth-order valence-corrected chi connectivity index (χ4v) is 1.35. The van der Waals surface area contributed by atoms with Crippen molar-refractivity contribution in [3.05, 3.63) is 34.6 Å². The third kappa shape index (κ3) is 3.74.